The standard InChI is InChI=1S/C11H14FNO3/c1-16-10-6-7(2-3-8(10)12)9(13)4-5-11(14)15/h2-3,6,9H,4-5,13H2,1H3,(H,14,15). The molecule has 1 rings (SSSR count). The Morgan fingerprint density at radius 1 is 1.62 bits per heavy atom. The average molecular weight is 227 g/mol. The van der Waals surface area contributed by atoms with Gasteiger partial charge in [0.15, 0.2) is 11.6 Å². The molecule has 1 atom stereocenters. The summed E-state index contributed by atoms with van der Waals surface area (Å²) >= 11 is 0. The number of ether oxygens (including phenoxy) is 1. The molecule has 1 aromatic carbocycles. The van der Waals surface area contributed by atoms with Crippen LogP contribution in [-0.4, -0.2) is 18.2 Å². The molecule has 0 saturated heterocycles. The number of carbonyl (C=O) groups is 1. The number of rotatable bonds is 5. The maximum Gasteiger partial charge on any atom is 0.303 e. The molecule has 1 unspecified atom stereocenters. The van der Waals surface area contributed by atoms with Crippen molar-refractivity contribution in [3.8, 4) is 5.75 Å². The van der Waals surface area contributed by atoms with Gasteiger partial charge in [0.2, 0.25) is 0 Å². The number of aliphatic carboxylic acids is 1. The zero-order chi connectivity index (χ0) is 12.1. The van der Waals surface area contributed by atoms with Crippen LogP contribution in [0.15, 0.2) is 18.2 Å². The Hall–Kier alpha value is -1.62. The largest absolute Gasteiger partial charge is 0.494 e. The fourth-order valence-corrected chi connectivity index (χ4v) is 1.35. The number of halogens is 1. The third-order valence-corrected chi connectivity index (χ3v) is 2.27. The van der Waals surface area contributed by atoms with E-state index >= 15 is 0 Å². The van der Waals surface area contributed by atoms with E-state index in [-0.39, 0.29) is 12.2 Å². The summed E-state index contributed by atoms with van der Waals surface area (Å²) in [5.41, 5.74) is 6.44. The lowest BCUT2D eigenvalue weighted by Gasteiger charge is -2.12. The molecule has 4 nitrogen and oxygen atoms in total. The molecule has 0 radical (unpaired) electrons. The molecule has 0 amide bonds. The van der Waals surface area contributed by atoms with Crippen molar-refractivity contribution in [2.24, 2.45) is 5.73 Å². The highest BCUT2D eigenvalue weighted by Gasteiger charge is 2.11. The summed E-state index contributed by atoms with van der Waals surface area (Å²) in [6.07, 6.45) is 0.297. The summed E-state index contributed by atoms with van der Waals surface area (Å²) in [7, 11) is 1.37. The normalized spacial score (nSPS) is 12.2. The first kappa shape index (κ1) is 12.4. The first-order valence-corrected chi connectivity index (χ1v) is 4.85. The maximum atomic E-state index is 13.1. The fraction of sp³-hybridized carbons (Fsp3) is 0.364. The Bertz CT molecular complexity index is 381. The number of benzene rings is 1. The molecule has 1 aromatic rings. The van der Waals surface area contributed by atoms with Crippen molar-refractivity contribution in [1.29, 1.82) is 0 Å². The van der Waals surface area contributed by atoms with Crippen molar-refractivity contribution >= 4 is 5.97 Å². The van der Waals surface area contributed by atoms with Crippen LogP contribution in [0.3, 0.4) is 0 Å². The van der Waals surface area contributed by atoms with Gasteiger partial charge in [-0.25, -0.2) is 4.39 Å². The lowest BCUT2D eigenvalue weighted by atomic mass is 10.0. The first-order chi connectivity index (χ1) is 7.54. The van der Waals surface area contributed by atoms with Gasteiger partial charge in [-0.05, 0) is 24.1 Å². The van der Waals surface area contributed by atoms with E-state index in [4.69, 9.17) is 15.6 Å². The second-order valence-electron chi connectivity index (χ2n) is 3.43. The van der Waals surface area contributed by atoms with E-state index in [1.807, 2.05) is 0 Å². The van der Waals surface area contributed by atoms with E-state index in [0.29, 0.717) is 12.0 Å². The molecular formula is C11H14FNO3. The number of hydrogen-bond acceptors (Lipinski definition) is 3. The SMILES string of the molecule is COc1cc(C(N)CCC(=O)O)ccc1F. The van der Waals surface area contributed by atoms with E-state index < -0.39 is 17.8 Å². The van der Waals surface area contributed by atoms with Gasteiger partial charge in [0.1, 0.15) is 0 Å². The van der Waals surface area contributed by atoms with Crippen molar-refractivity contribution in [3.63, 3.8) is 0 Å². The fourth-order valence-electron chi connectivity index (χ4n) is 1.35. The third kappa shape index (κ3) is 3.20. The van der Waals surface area contributed by atoms with E-state index in [1.54, 1.807) is 0 Å². The van der Waals surface area contributed by atoms with E-state index in [0.717, 1.165) is 0 Å². The zero-order valence-corrected chi connectivity index (χ0v) is 8.94. The molecule has 3 N–H and O–H groups in total. The molecule has 88 valence electrons. The lowest BCUT2D eigenvalue weighted by Crippen LogP contribution is -2.12. The van der Waals surface area contributed by atoms with Crippen LogP contribution in [0.2, 0.25) is 0 Å². The van der Waals surface area contributed by atoms with Crippen LogP contribution in [-0.2, 0) is 4.79 Å². The van der Waals surface area contributed by atoms with Crippen LogP contribution in [0, 0.1) is 5.82 Å². The topological polar surface area (TPSA) is 72.5 Å². The van der Waals surface area contributed by atoms with Crippen molar-refractivity contribution in [1.82, 2.24) is 0 Å². The number of methoxy groups -OCH3 is 1. The molecule has 0 saturated carbocycles. The number of carboxylic acid groups (broad SMARTS) is 1. The van der Waals surface area contributed by atoms with Crippen LogP contribution in [0.5, 0.6) is 5.75 Å². The minimum Gasteiger partial charge on any atom is -0.494 e. The molecule has 0 bridgehead atoms. The molecule has 0 fully saturated rings. The second-order valence-corrected chi connectivity index (χ2v) is 3.43. The Morgan fingerprint density at radius 3 is 2.88 bits per heavy atom. The first-order valence-electron chi connectivity index (χ1n) is 4.85. The highest BCUT2D eigenvalue weighted by Crippen LogP contribution is 2.23. The van der Waals surface area contributed by atoms with Gasteiger partial charge < -0.3 is 15.6 Å². The van der Waals surface area contributed by atoms with E-state index in [1.165, 1.54) is 25.3 Å². The summed E-state index contributed by atoms with van der Waals surface area (Å²) in [6.45, 7) is 0. The third-order valence-electron chi connectivity index (χ3n) is 2.27. The van der Waals surface area contributed by atoms with Crippen molar-refractivity contribution in [3.05, 3.63) is 29.6 Å². The summed E-state index contributed by atoms with van der Waals surface area (Å²) in [5, 5.41) is 8.51. The molecule has 0 aliphatic carbocycles. The second kappa shape index (κ2) is 5.46. The summed E-state index contributed by atoms with van der Waals surface area (Å²) < 4.78 is 17.9. The average Bonchev–Trinajstić information content (AvgIpc) is 2.26. The highest BCUT2D eigenvalue weighted by molar-refractivity contribution is 5.66. The van der Waals surface area contributed by atoms with Crippen LogP contribution in [0.4, 0.5) is 4.39 Å². The highest BCUT2D eigenvalue weighted by atomic mass is 19.1. The Morgan fingerprint density at radius 2 is 2.31 bits per heavy atom. The van der Waals surface area contributed by atoms with Crippen LogP contribution < -0.4 is 10.5 Å². The number of carboxylic acids is 1. The molecule has 0 aliphatic heterocycles. The van der Waals surface area contributed by atoms with Crippen LogP contribution in [0.1, 0.15) is 24.4 Å². The summed E-state index contributed by atoms with van der Waals surface area (Å²) in [5.74, 6) is -1.25. The van der Waals surface area contributed by atoms with Crippen molar-refractivity contribution < 1.29 is 19.0 Å². The van der Waals surface area contributed by atoms with Gasteiger partial charge in [0.25, 0.3) is 0 Å². The quantitative estimate of drug-likeness (QED) is 0.803. The summed E-state index contributed by atoms with van der Waals surface area (Å²) in [6, 6.07) is 3.85. The smallest absolute Gasteiger partial charge is 0.303 e. The predicted molar refractivity (Wildman–Crippen MR) is 56.8 cm³/mol. The number of hydrogen-bond donors (Lipinski definition) is 2. The zero-order valence-electron chi connectivity index (χ0n) is 8.94. The monoisotopic (exact) mass is 227 g/mol. The van der Waals surface area contributed by atoms with Gasteiger partial charge in [-0.3, -0.25) is 4.79 Å². The Labute approximate surface area is 92.8 Å². The van der Waals surface area contributed by atoms with Crippen LogP contribution >= 0.6 is 0 Å². The molecular weight excluding hydrogens is 213 g/mol. The molecule has 0 aromatic heterocycles. The molecule has 16 heavy (non-hydrogen) atoms. The summed E-state index contributed by atoms with van der Waals surface area (Å²) in [4.78, 5) is 10.4. The molecule has 0 aliphatic rings. The molecule has 0 heterocycles. The number of nitrogens with two attached hydrogens (primary N) is 1. The van der Waals surface area contributed by atoms with Gasteiger partial charge in [-0.2, -0.15) is 0 Å². The minimum absolute atomic E-state index is 0.0130. The Balaban J connectivity index is 2.75. The Kier molecular flexibility index (Phi) is 4.25. The van der Waals surface area contributed by atoms with Gasteiger partial charge in [-0.1, -0.05) is 6.07 Å². The van der Waals surface area contributed by atoms with Crippen molar-refractivity contribution in [2.45, 2.75) is 18.9 Å². The van der Waals surface area contributed by atoms with E-state index in [2.05, 4.69) is 0 Å². The minimum atomic E-state index is -0.899. The van der Waals surface area contributed by atoms with Crippen molar-refractivity contribution in [2.75, 3.05) is 7.11 Å². The molecule has 0 spiro atoms. The maximum absolute atomic E-state index is 13.1. The van der Waals surface area contributed by atoms with Gasteiger partial charge >= 0.3 is 5.97 Å². The molecule has 5 heteroatoms. The van der Waals surface area contributed by atoms with Gasteiger partial charge in [0, 0.05) is 12.5 Å². The van der Waals surface area contributed by atoms with Gasteiger partial charge in [0.05, 0.1) is 7.11 Å². The van der Waals surface area contributed by atoms with Crippen LogP contribution in [0.25, 0.3) is 0 Å². The predicted octanol–water partition coefficient (Wildman–Crippen LogP) is 1.70. The lowest BCUT2D eigenvalue weighted by molar-refractivity contribution is -0.137. The van der Waals surface area contributed by atoms with Gasteiger partial charge in [-0.15, -0.1) is 0 Å². The van der Waals surface area contributed by atoms with E-state index in [9.17, 15) is 9.18 Å².